The molecule has 6 heteroatoms. The van der Waals surface area contributed by atoms with E-state index in [-0.39, 0.29) is 30.6 Å². The second-order valence-electron chi connectivity index (χ2n) is 8.40. The lowest BCUT2D eigenvalue weighted by molar-refractivity contribution is -0.158. The lowest BCUT2D eigenvalue weighted by Gasteiger charge is -2.29. The number of carbonyl (C=O) groups is 3. The molecule has 0 saturated carbocycles. The minimum atomic E-state index is -0.103. The Morgan fingerprint density at radius 1 is 0.806 bits per heavy atom. The van der Waals surface area contributed by atoms with Crippen LogP contribution in [-0.2, 0) is 27.2 Å². The normalized spacial score (nSPS) is 15.7. The molecule has 162 valence electrons. The number of benzene rings is 2. The summed E-state index contributed by atoms with van der Waals surface area (Å²) in [7, 11) is 0. The lowest BCUT2D eigenvalue weighted by Crippen LogP contribution is -2.45. The van der Waals surface area contributed by atoms with E-state index >= 15 is 0 Å². The average molecular weight is 420 g/mol. The Balaban J connectivity index is 1.23. The van der Waals surface area contributed by atoms with Crippen LogP contribution in [0.4, 0.5) is 5.69 Å². The maximum atomic E-state index is 12.9. The molecule has 0 unspecified atom stereocenters. The highest BCUT2D eigenvalue weighted by Gasteiger charge is 2.32. The first-order valence-electron chi connectivity index (χ1n) is 11.1. The van der Waals surface area contributed by atoms with Gasteiger partial charge in [-0.2, -0.15) is 0 Å². The van der Waals surface area contributed by atoms with Gasteiger partial charge < -0.3 is 5.32 Å². The molecule has 1 saturated heterocycles. The van der Waals surface area contributed by atoms with Crippen LogP contribution in [0.3, 0.4) is 0 Å². The highest BCUT2D eigenvalue weighted by molar-refractivity contribution is 5.91. The Morgan fingerprint density at radius 3 is 2.10 bits per heavy atom. The van der Waals surface area contributed by atoms with Gasteiger partial charge in [0.15, 0.2) is 0 Å². The average Bonchev–Trinajstić information content (AvgIpc) is 3.41. The third-order valence-electron chi connectivity index (χ3n) is 6.06. The Kier molecular flexibility index (Phi) is 6.65. The fraction of sp³-hybridized carbons (Fsp3) is 0.400. The van der Waals surface area contributed by atoms with Crippen molar-refractivity contribution in [3.8, 4) is 0 Å². The summed E-state index contributed by atoms with van der Waals surface area (Å²) in [5, 5.41) is 6.06. The Hall–Kier alpha value is -3.15. The molecule has 1 aliphatic heterocycles. The van der Waals surface area contributed by atoms with Crippen molar-refractivity contribution in [1.29, 1.82) is 0 Å². The number of carbonyl (C=O) groups excluding carboxylic acids is 3. The lowest BCUT2D eigenvalue weighted by atomic mass is 10.0. The maximum Gasteiger partial charge on any atom is 0.241 e. The molecule has 2 aromatic carbocycles. The molecule has 31 heavy (non-hydrogen) atoms. The molecule has 1 aliphatic carbocycles. The van der Waals surface area contributed by atoms with Crippen LogP contribution in [0.15, 0.2) is 54.6 Å². The predicted octanol–water partition coefficient (Wildman–Crippen LogP) is 3.58. The number of nitrogens with zero attached hydrogens (tertiary/aromatic N) is 2. The fourth-order valence-electron chi connectivity index (χ4n) is 4.55. The molecule has 1 N–H and O–H groups in total. The van der Waals surface area contributed by atoms with Crippen molar-refractivity contribution in [2.45, 2.75) is 44.9 Å². The quantitative estimate of drug-likeness (QED) is 0.746. The molecule has 2 aromatic rings. The van der Waals surface area contributed by atoms with E-state index in [1.807, 2.05) is 42.5 Å². The van der Waals surface area contributed by atoms with E-state index < -0.39 is 0 Å². The molecule has 0 spiro atoms. The van der Waals surface area contributed by atoms with Crippen molar-refractivity contribution < 1.29 is 14.4 Å². The van der Waals surface area contributed by atoms with Gasteiger partial charge in [-0.3, -0.25) is 24.4 Å². The van der Waals surface area contributed by atoms with Gasteiger partial charge in [-0.05, 0) is 54.9 Å². The number of rotatable bonds is 7. The van der Waals surface area contributed by atoms with E-state index in [1.54, 1.807) is 10.0 Å². The number of hydrazine groups is 1. The highest BCUT2D eigenvalue weighted by atomic mass is 16.2. The minimum Gasteiger partial charge on any atom is -0.326 e. The molecule has 2 aliphatic rings. The molecular weight excluding hydrogens is 390 g/mol. The van der Waals surface area contributed by atoms with Gasteiger partial charge in [0.05, 0.1) is 0 Å². The summed E-state index contributed by atoms with van der Waals surface area (Å²) in [4.78, 5) is 37.7. The van der Waals surface area contributed by atoms with Crippen molar-refractivity contribution in [3.63, 3.8) is 0 Å². The number of hydrogen-bond donors (Lipinski definition) is 1. The topological polar surface area (TPSA) is 69.7 Å². The van der Waals surface area contributed by atoms with Gasteiger partial charge in [-0.15, -0.1) is 0 Å². The summed E-state index contributed by atoms with van der Waals surface area (Å²) >= 11 is 0. The first kappa shape index (κ1) is 21.1. The van der Waals surface area contributed by atoms with E-state index in [0.717, 1.165) is 24.9 Å². The van der Waals surface area contributed by atoms with Crippen molar-refractivity contribution >= 4 is 23.4 Å². The van der Waals surface area contributed by atoms with Crippen LogP contribution in [0.1, 0.15) is 43.2 Å². The van der Waals surface area contributed by atoms with Crippen molar-refractivity contribution in [1.82, 2.24) is 10.0 Å². The largest absolute Gasteiger partial charge is 0.326 e. The van der Waals surface area contributed by atoms with Gasteiger partial charge in [-0.25, -0.2) is 0 Å². The number of para-hydroxylation sites is 1. The van der Waals surface area contributed by atoms with E-state index in [4.69, 9.17) is 0 Å². The number of fused-ring (bicyclic) bond motifs is 1. The molecule has 0 aromatic heterocycles. The third-order valence-corrected chi connectivity index (χ3v) is 6.06. The Morgan fingerprint density at radius 2 is 1.42 bits per heavy atom. The van der Waals surface area contributed by atoms with Gasteiger partial charge in [0, 0.05) is 38.0 Å². The number of nitrogens with one attached hydrogen (secondary N) is 1. The van der Waals surface area contributed by atoms with E-state index in [0.29, 0.717) is 31.8 Å². The smallest absolute Gasteiger partial charge is 0.241 e. The van der Waals surface area contributed by atoms with E-state index in [1.165, 1.54) is 11.1 Å². The zero-order valence-electron chi connectivity index (χ0n) is 17.8. The maximum absolute atomic E-state index is 12.9. The zero-order valence-corrected chi connectivity index (χ0v) is 17.8. The van der Waals surface area contributed by atoms with Crippen LogP contribution in [0, 0.1) is 5.92 Å². The second-order valence-corrected chi connectivity index (χ2v) is 8.40. The van der Waals surface area contributed by atoms with Crippen LogP contribution in [0.2, 0.25) is 0 Å². The third kappa shape index (κ3) is 5.32. The monoisotopic (exact) mass is 419 g/mol. The summed E-state index contributed by atoms with van der Waals surface area (Å²) < 4.78 is 0. The predicted molar refractivity (Wildman–Crippen MR) is 119 cm³/mol. The van der Waals surface area contributed by atoms with Crippen LogP contribution in [0.5, 0.6) is 0 Å². The van der Waals surface area contributed by atoms with Gasteiger partial charge in [0.1, 0.15) is 0 Å². The van der Waals surface area contributed by atoms with E-state index in [2.05, 4.69) is 17.4 Å². The van der Waals surface area contributed by atoms with Crippen LogP contribution in [0.25, 0.3) is 0 Å². The molecule has 1 heterocycles. The van der Waals surface area contributed by atoms with Crippen molar-refractivity contribution in [2.24, 2.45) is 5.92 Å². The van der Waals surface area contributed by atoms with Crippen molar-refractivity contribution in [2.75, 3.05) is 18.4 Å². The van der Waals surface area contributed by atoms with Crippen LogP contribution < -0.4 is 5.32 Å². The summed E-state index contributed by atoms with van der Waals surface area (Å²) in [5.41, 5.74) is 3.43. The Bertz CT molecular complexity index is 919. The van der Waals surface area contributed by atoms with Gasteiger partial charge >= 0.3 is 0 Å². The first-order chi connectivity index (χ1) is 15.1. The highest BCUT2D eigenvalue weighted by Crippen LogP contribution is 2.29. The van der Waals surface area contributed by atoms with Gasteiger partial charge in [0.25, 0.3) is 0 Å². The van der Waals surface area contributed by atoms with Gasteiger partial charge in [-0.1, -0.05) is 42.5 Å². The van der Waals surface area contributed by atoms with Crippen molar-refractivity contribution in [3.05, 3.63) is 65.7 Å². The molecule has 6 nitrogen and oxygen atoms in total. The summed E-state index contributed by atoms with van der Waals surface area (Å²) in [6.07, 6.45) is 4.15. The number of hydrogen-bond acceptors (Lipinski definition) is 3. The van der Waals surface area contributed by atoms with Gasteiger partial charge in [0.2, 0.25) is 17.7 Å². The molecule has 0 radical (unpaired) electrons. The number of anilines is 1. The Labute approximate surface area is 183 Å². The summed E-state index contributed by atoms with van der Waals surface area (Å²) in [5.74, 6) is 0.164. The molecule has 4 rings (SSSR count). The first-order valence-corrected chi connectivity index (χ1v) is 11.1. The van der Waals surface area contributed by atoms with E-state index in [9.17, 15) is 14.4 Å². The molecular formula is C25H29N3O3. The standard InChI is InChI=1S/C25H29N3O3/c29-23(26-22-10-2-1-3-11-22)12-6-13-24(30)27-14-7-15-28(27)25(31)18-19-16-20-8-4-5-9-21(20)17-19/h1-5,8-11,19H,6-7,12-18H2,(H,26,29). The molecule has 0 atom stereocenters. The summed E-state index contributed by atoms with van der Waals surface area (Å²) in [6, 6.07) is 17.7. The number of amides is 3. The summed E-state index contributed by atoms with van der Waals surface area (Å²) in [6.45, 7) is 1.17. The molecule has 0 bridgehead atoms. The van der Waals surface area contributed by atoms with Crippen LogP contribution in [-0.4, -0.2) is 40.8 Å². The second kappa shape index (κ2) is 9.77. The minimum absolute atomic E-state index is 0.0328. The zero-order chi connectivity index (χ0) is 21.6. The SMILES string of the molecule is O=C(CCCC(=O)N1CCCN1C(=O)CC1Cc2ccccc2C1)Nc1ccccc1. The fourth-order valence-corrected chi connectivity index (χ4v) is 4.55. The molecule has 1 fully saturated rings. The molecule has 3 amide bonds. The van der Waals surface area contributed by atoms with Crippen LogP contribution >= 0.6 is 0 Å².